The Labute approximate surface area is 156 Å². The largest absolute Gasteiger partial charge is 0.455 e. The minimum atomic E-state index is 0.123. The average molecular weight is 351 g/mol. The van der Waals surface area contributed by atoms with E-state index in [0.717, 1.165) is 30.2 Å². The molecule has 1 amide bonds. The number of benzene rings is 2. The lowest BCUT2D eigenvalue weighted by Gasteiger charge is -2.28. The van der Waals surface area contributed by atoms with Crippen LogP contribution in [0.15, 0.2) is 54.6 Å². The Morgan fingerprint density at radius 3 is 2.42 bits per heavy atom. The van der Waals surface area contributed by atoms with Gasteiger partial charge in [0.05, 0.1) is 5.69 Å². The molecule has 0 atom stereocenters. The summed E-state index contributed by atoms with van der Waals surface area (Å²) in [6.07, 6.45) is 8.26. The van der Waals surface area contributed by atoms with E-state index in [9.17, 15) is 4.79 Å². The number of ether oxygens (including phenoxy) is 1. The van der Waals surface area contributed by atoms with Crippen LogP contribution in [-0.4, -0.2) is 5.91 Å². The van der Waals surface area contributed by atoms with Crippen LogP contribution in [0.3, 0.4) is 0 Å². The summed E-state index contributed by atoms with van der Waals surface area (Å²) in [7, 11) is 0. The van der Waals surface area contributed by atoms with E-state index in [1.54, 1.807) is 0 Å². The molecule has 0 heterocycles. The SMILES string of the molecule is CCCCC1CCC(C(=O)Nc2ccccc2Oc2ccccc2)CC1. The van der Waals surface area contributed by atoms with Crippen molar-refractivity contribution in [2.24, 2.45) is 11.8 Å². The van der Waals surface area contributed by atoms with Crippen molar-refractivity contribution in [3.05, 3.63) is 54.6 Å². The molecule has 3 nitrogen and oxygen atoms in total. The number of hydrogen-bond donors (Lipinski definition) is 1. The van der Waals surface area contributed by atoms with Crippen molar-refractivity contribution in [2.75, 3.05) is 5.32 Å². The molecule has 2 aromatic carbocycles. The minimum absolute atomic E-state index is 0.123. The average Bonchev–Trinajstić information content (AvgIpc) is 2.69. The van der Waals surface area contributed by atoms with Crippen molar-refractivity contribution in [2.45, 2.75) is 51.9 Å². The van der Waals surface area contributed by atoms with Gasteiger partial charge in [0.15, 0.2) is 5.75 Å². The lowest BCUT2D eigenvalue weighted by molar-refractivity contribution is -0.121. The highest BCUT2D eigenvalue weighted by Gasteiger charge is 2.26. The Morgan fingerprint density at radius 1 is 1.00 bits per heavy atom. The molecule has 0 bridgehead atoms. The molecule has 0 aliphatic heterocycles. The molecule has 138 valence electrons. The summed E-state index contributed by atoms with van der Waals surface area (Å²) >= 11 is 0. The van der Waals surface area contributed by atoms with Crippen LogP contribution in [0.1, 0.15) is 51.9 Å². The van der Waals surface area contributed by atoms with Gasteiger partial charge in [-0.3, -0.25) is 4.79 Å². The summed E-state index contributed by atoms with van der Waals surface area (Å²) in [5.74, 6) is 2.52. The van der Waals surface area contributed by atoms with Gasteiger partial charge in [0, 0.05) is 5.92 Å². The first kappa shape index (κ1) is 18.5. The predicted molar refractivity (Wildman–Crippen MR) is 107 cm³/mol. The third-order valence-electron chi connectivity index (χ3n) is 5.30. The maximum absolute atomic E-state index is 12.7. The second kappa shape index (κ2) is 9.42. The Kier molecular flexibility index (Phi) is 6.70. The van der Waals surface area contributed by atoms with E-state index >= 15 is 0 Å². The normalized spacial score (nSPS) is 19.7. The molecule has 26 heavy (non-hydrogen) atoms. The van der Waals surface area contributed by atoms with E-state index in [-0.39, 0.29) is 11.8 Å². The summed E-state index contributed by atoms with van der Waals surface area (Å²) in [5, 5.41) is 3.09. The van der Waals surface area contributed by atoms with Crippen LogP contribution in [-0.2, 0) is 4.79 Å². The number of hydrogen-bond acceptors (Lipinski definition) is 2. The van der Waals surface area contributed by atoms with Crippen LogP contribution in [0.4, 0.5) is 5.69 Å². The third-order valence-corrected chi connectivity index (χ3v) is 5.30. The minimum Gasteiger partial charge on any atom is -0.455 e. The van der Waals surface area contributed by atoms with Gasteiger partial charge in [0.25, 0.3) is 0 Å². The van der Waals surface area contributed by atoms with Gasteiger partial charge < -0.3 is 10.1 Å². The zero-order valence-electron chi connectivity index (χ0n) is 15.6. The number of para-hydroxylation sites is 3. The molecular formula is C23H29NO2. The first-order valence-electron chi connectivity index (χ1n) is 9.89. The fraction of sp³-hybridized carbons (Fsp3) is 0.435. The first-order chi connectivity index (χ1) is 12.8. The van der Waals surface area contributed by atoms with Crippen LogP contribution in [0.2, 0.25) is 0 Å². The Hall–Kier alpha value is -2.29. The lowest BCUT2D eigenvalue weighted by atomic mass is 9.79. The molecule has 1 fully saturated rings. The van der Waals surface area contributed by atoms with Crippen LogP contribution < -0.4 is 10.1 Å². The fourth-order valence-corrected chi connectivity index (χ4v) is 3.72. The van der Waals surface area contributed by atoms with Gasteiger partial charge in [-0.2, -0.15) is 0 Å². The highest BCUT2D eigenvalue weighted by atomic mass is 16.5. The van der Waals surface area contributed by atoms with Gasteiger partial charge in [-0.15, -0.1) is 0 Å². The number of nitrogens with one attached hydrogen (secondary N) is 1. The van der Waals surface area contributed by atoms with Crippen molar-refractivity contribution < 1.29 is 9.53 Å². The third kappa shape index (κ3) is 5.10. The van der Waals surface area contributed by atoms with Crippen LogP contribution in [0, 0.1) is 11.8 Å². The van der Waals surface area contributed by atoms with Crippen molar-refractivity contribution in [1.29, 1.82) is 0 Å². The molecule has 0 saturated heterocycles. The maximum atomic E-state index is 12.7. The molecule has 0 aromatic heterocycles. The lowest BCUT2D eigenvalue weighted by Crippen LogP contribution is -2.27. The van der Waals surface area contributed by atoms with E-state index in [4.69, 9.17) is 4.74 Å². The molecule has 0 spiro atoms. The van der Waals surface area contributed by atoms with Crippen molar-refractivity contribution in [3.8, 4) is 11.5 Å². The van der Waals surface area contributed by atoms with Crippen molar-refractivity contribution >= 4 is 11.6 Å². The zero-order chi connectivity index (χ0) is 18.2. The number of unbranched alkanes of at least 4 members (excludes halogenated alkanes) is 1. The molecule has 2 aromatic rings. The molecule has 0 radical (unpaired) electrons. The second-order valence-corrected chi connectivity index (χ2v) is 7.26. The highest BCUT2D eigenvalue weighted by molar-refractivity contribution is 5.94. The smallest absolute Gasteiger partial charge is 0.227 e. The standard InChI is InChI=1S/C23H29NO2/c1-2-3-9-18-14-16-19(17-15-18)23(25)24-21-12-7-8-13-22(21)26-20-10-5-4-6-11-20/h4-8,10-13,18-19H,2-3,9,14-17H2,1H3,(H,24,25). The summed E-state index contributed by atoms with van der Waals surface area (Å²) in [6, 6.07) is 17.3. The predicted octanol–water partition coefficient (Wildman–Crippen LogP) is 6.41. The second-order valence-electron chi connectivity index (χ2n) is 7.26. The summed E-state index contributed by atoms with van der Waals surface area (Å²) < 4.78 is 5.94. The molecule has 1 N–H and O–H groups in total. The Bertz CT molecular complexity index is 690. The van der Waals surface area contributed by atoms with E-state index in [0.29, 0.717) is 5.75 Å². The quantitative estimate of drug-likeness (QED) is 0.625. The van der Waals surface area contributed by atoms with Gasteiger partial charge in [-0.1, -0.05) is 56.5 Å². The van der Waals surface area contributed by atoms with Crippen LogP contribution in [0.25, 0.3) is 0 Å². The summed E-state index contributed by atoms with van der Waals surface area (Å²) in [4.78, 5) is 12.7. The van der Waals surface area contributed by atoms with Crippen molar-refractivity contribution in [1.82, 2.24) is 0 Å². The molecular weight excluding hydrogens is 322 g/mol. The van der Waals surface area contributed by atoms with E-state index in [1.807, 2.05) is 54.6 Å². The molecule has 0 unspecified atom stereocenters. The van der Waals surface area contributed by atoms with Crippen LogP contribution >= 0.6 is 0 Å². The number of amides is 1. The zero-order valence-corrected chi connectivity index (χ0v) is 15.6. The first-order valence-corrected chi connectivity index (χ1v) is 9.89. The van der Waals surface area contributed by atoms with E-state index in [1.165, 1.54) is 32.1 Å². The highest BCUT2D eigenvalue weighted by Crippen LogP contribution is 2.34. The van der Waals surface area contributed by atoms with Gasteiger partial charge in [0.2, 0.25) is 5.91 Å². The van der Waals surface area contributed by atoms with Gasteiger partial charge in [-0.05, 0) is 55.9 Å². The van der Waals surface area contributed by atoms with E-state index < -0.39 is 0 Å². The Morgan fingerprint density at radius 2 is 1.69 bits per heavy atom. The number of anilines is 1. The fourth-order valence-electron chi connectivity index (χ4n) is 3.72. The van der Waals surface area contributed by atoms with Crippen LogP contribution in [0.5, 0.6) is 11.5 Å². The molecule has 3 heteroatoms. The maximum Gasteiger partial charge on any atom is 0.227 e. The molecule has 3 rings (SSSR count). The van der Waals surface area contributed by atoms with Gasteiger partial charge in [-0.25, -0.2) is 0 Å². The molecule has 1 aliphatic rings. The molecule has 1 aliphatic carbocycles. The van der Waals surface area contributed by atoms with Gasteiger partial charge >= 0.3 is 0 Å². The van der Waals surface area contributed by atoms with Crippen molar-refractivity contribution in [3.63, 3.8) is 0 Å². The number of carbonyl (C=O) groups excluding carboxylic acids is 1. The number of rotatable bonds is 7. The summed E-state index contributed by atoms with van der Waals surface area (Å²) in [5.41, 5.74) is 0.745. The molecule has 1 saturated carbocycles. The summed E-state index contributed by atoms with van der Waals surface area (Å²) in [6.45, 7) is 2.24. The number of carbonyl (C=O) groups is 1. The van der Waals surface area contributed by atoms with Gasteiger partial charge in [0.1, 0.15) is 5.75 Å². The van der Waals surface area contributed by atoms with E-state index in [2.05, 4.69) is 12.2 Å². The monoisotopic (exact) mass is 351 g/mol. The Balaban J connectivity index is 1.58. The topological polar surface area (TPSA) is 38.3 Å².